The summed E-state index contributed by atoms with van der Waals surface area (Å²) in [7, 11) is 1.53. The third-order valence-electron chi connectivity index (χ3n) is 2.75. The van der Waals surface area contributed by atoms with Crippen LogP contribution in [0.1, 0.15) is 32.4 Å². The van der Waals surface area contributed by atoms with Gasteiger partial charge in [0, 0.05) is 11.6 Å². The zero-order chi connectivity index (χ0) is 13.1. The molecule has 0 aromatic heterocycles. The summed E-state index contributed by atoms with van der Waals surface area (Å²) in [6, 6.07) is 7.83. The van der Waals surface area contributed by atoms with Crippen LogP contribution in [0.3, 0.4) is 0 Å². The van der Waals surface area contributed by atoms with Crippen molar-refractivity contribution in [2.24, 2.45) is 0 Å². The molecule has 0 spiro atoms. The third kappa shape index (κ3) is 3.82. The number of carbonyl (C=O) groups excluding carboxylic acids is 1. The first-order valence-electron chi connectivity index (χ1n) is 5.48. The summed E-state index contributed by atoms with van der Waals surface area (Å²) in [4.78, 5) is 11.9. The second kappa shape index (κ2) is 5.65. The van der Waals surface area contributed by atoms with Gasteiger partial charge in [-0.25, -0.2) is 0 Å². The Morgan fingerprint density at radius 2 is 2.12 bits per heavy atom. The van der Waals surface area contributed by atoms with Crippen molar-refractivity contribution in [3.8, 4) is 0 Å². The van der Waals surface area contributed by atoms with E-state index < -0.39 is 5.60 Å². The number of benzene rings is 1. The van der Waals surface area contributed by atoms with E-state index in [2.05, 4.69) is 21.2 Å². The first-order chi connectivity index (χ1) is 7.86. The highest BCUT2D eigenvalue weighted by Gasteiger charge is 2.28. The van der Waals surface area contributed by atoms with E-state index in [-0.39, 0.29) is 11.9 Å². The van der Waals surface area contributed by atoms with Crippen molar-refractivity contribution in [1.82, 2.24) is 5.32 Å². The van der Waals surface area contributed by atoms with E-state index in [9.17, 15) is 4.79 Å². The maximum atomic E-state index is 11.9. The van der Waals surface area contributed by atoms with Gasteiger partial charge in [0.1, 0.15) is 5.60 Å². The number of halogens is 1. The number of ether oxygens (including phenoxy) is 1. The molecule has 1 rings (SSSR count). The molecule has 1 aromatic carbocycles. The smallest absolute Gasteiger partial charge is 0.252 e. The number of hydrogen-bond donors (Lipinski definition) is 1. The standard InChI is InChI=1S/C13H18BrNO2/c1-9(10-6-5-7-11(14)8-10)15-12(16)13(2,3)17-4/h5-9H,1-4H3,(H,15,16)/t9-/m0/s1. The van der Waals surface area contributed by atoms with E-state index in [1.165, 1.54) is 7.11 Å². The molecule has 0 heterocycles. The maximum Gasteiger partial charge on any atom is 0.252 e. The number of rotatable bonds is 4. The lowest BCUT2D eigenvalue weighted by atomic mass is 10.1. The molecule has 0 aliphatic rings. The summed E-state index contributed by atoms with van der Waals surface area (Å²) in [5.74, 6) is -0.118. The summed E-state index contributed by atoms with van der Waals surface area (Å²) < 4.78 is 6.14. The van der Waals surface area contributed by atoms with Crippen LogP contribution in [0.4, 0.5) is 0 Å². The van der Waals surface area contributed by atoms with Gasteiger partial charge in [0.15, 0.2) is 0 Å². The van der Waals surface area contributed by atoms with Gasteiger partial charge in [0.25, 0.3) is 5.91 Å². The van der Waals surface area contributed by atoms with Gasteiger partial charge in [-0.3, -0.25) is 4.79 Å². The van der Waals surface area contributed by atoms with Gasteiger partial charge >= 0.3 is 0 Å². The fourth-order valence-corrected chi connectivity index (χ4v) is 1.74. The molecule has 0 radical (unpaired) electrons. The molecule has 1 amide bonds. The fraction of sp³-hybridized carbons (Fsp3) is 0.462. The van der Waals surface area contributed by atoms with Crippen molar-refractivity contribution >= 4 is 21.8 Å². The van der Waals surface area contributed by atoms with E-state index in [0.29, 0.717) is 0 Å². The van der Waals surface area contributed by atoms with Gasteiger partial charge in [0.2, 0.25) is 0 Å². The van der Waals surface area contributed by atoms with Crippen LogP contribution in [0.15, 0.2) is 28.7 Å². The average Bonchev–Trinajstić information content (AvgIpc) is 2.28. The minimum Gasteiger partial charge on any atom is -0.369 e. The molecule has 3 nitrogen and oxygen atoms in total. The Kier molecular flexibility index (Phi) is 4.71. The van der Waals surface area contributed by atoms with E-state index in [1.807, 2.05) is 31.2 Å². The predicted molar refractivity (Wildman–Crippen MR) is 71.8 cm³/mol. The van der Waals surface area contributed by atoms with Gasteiger partial charge in [-0.1, -0.05) is 28.1 Å². The highest BCUT2D eigenvalue weighted by molar-refractivity contribution is 9.10. The van der Waals surface area contributed by atoms with Gasteiger partial charge < -0.3 is 10.1 Å². The Morgan fingerprint density at radius 3 is 2.65 bits per heavy atom. The highest BCUT2D eigenvalue weighted by atomic mass is 79.9. The summed E-state index contributed by atoms with van der Waals surface area (Å²) in [6.07, 6.45) is 0. The first-order valence-corrected chi connectivity index (χ1v) is 6.27. The third-order valence-corrected chi connectivity index (χ3v) is 3.25. The minimum atomic E-state index is -0.805. The van der Waals surface area contributed by atoms with Crippen LogP contribution >= 0.6 is 15.9 Å². The highest BCUT2D eigenvalue weighted by Crippen LogP contribution is 2.19. The van der Waals surface area contributed by atoms with Crippen molar-refractivity contribution < 1.29 is 9.53 Å². The molecule has 0 saturated heterocycles. The number of hydrogen-bond acceptors (Lipinski definition) is 2. The van der Waals surface area contributed by atoms with E-state index in [4.69, 9.17) is 4.74 Å². The van der Waals surface area contributed by atoms with Crippen LogP contribution < -0.4 is 5.32 Å². The van der Waals surface area contributed by atoms with Crippen molar-refractivity contribution in [2.45, 2.75) is 32.4 Å². The van der Waals surface area contributed by atoms with Crippen LogP contribution in [0.2, 0.25) is 0 Å². The molecule has 0 saturated carbocycles. The molecule has 4 heteroatoms. The SMILES string of the molecule is COC(C)(C)C(=O)N[C@@H](C)c1cccc(Br)c1. The Bertz CT molecular complexity index is 404. The lowest BCUT2D eigenvalue weighted by Crippen LogP contribution is -2.44. The van der Waals surface area contributed by atoms with Crippen LogP contribution in [-0.4, -0.2) is 18.6 Å². The van der Waals surface area contributed by atoms with Gasteiger partial charge in [-0.05, 0) is 38.5 Å². The van der Waals surface area contributed by atoms with Crippen LogP contribution in [-0.2, 0) is 9.53 Å². The molecule has 0 aliphatic carbocycles. The lowest BCUT2D eigenvalue weighted by molar-refractivity contribution is -0.140. The summed E-state index contributed by atoms with van der Waals surface area (Å²) in [6.45, 7) is 5.44. The van der Waals surface area contributed by atoms with E-state index in [0.717, 1.165) is 10.0 Å². The molecule has 0 aliphatic heterocycles. The zero-order valence-electron chi connectivity index (χ0n) is 10.6. The van der Waals surface area contributed by atoms with Crippen LogP contribution in [0.5, 0.6) is 0 Å². The average molecular weight is 300 g/mol. The Labute approximate surface area is 111 Å². The molecule has 17 heavy (non-hydrogen) atoms. The molecule has 94 valence electrons. The summed E-state index contributed by atoms with van der Waals surface area (Å²) >= 11 is 3.41. The Hall–Kier alpha value is -0.870. The summed E-state index contributed by atoms with van der Waals surface area (Å²) in [5, 5.41) is 2.93. The van der Waals surface area contributed by atoms with Crippen LogP contribution in [0, 0.1) is 0 Å². The molecule has 1 N–H and O–H groups in total. The van der Waals surface area contributed by atoms with Gasteiger partial charge in [-0.15, -0.1) is 0 Å². The quantitative estimate of drug-likeness (QED) is 0.928. The second-order valence-corrected chi connectivity index (χ2v) is 5.38. The second-order valence-electron chi connectivity index (χ2n) is 4.46. The fourth-order valence-electron chi connectivity index (χ4n) is 1.32. The minimum absolute atomic E-state index is 0.0468. The zero-order valence-corrected chi connectivity index (χ0v) is 12.2. The van der Waals surface area contributed by atoms with E-state index >= 15 is 0 Å². The molecule has 0 bridgehead atoms. The molecule has 1 aromatic rings. The van der Waals surface area contributed by atoms with Gasteiger partial charge in [0.05, 0.1) is 6.04 Å². The predicted octanol–water partition coefficient (Wildman–Crippen LogP) is 3.05. The molecular formula is C13H18BrNO2. The Balaban J connectivity index is 2.73. The monoisotopic (exact) mass is 299 g/mol. The maximum absolute atomic E-state index is 11.9. The van der Waals surface area contributed by atoms with Gasteiger partial charge in [-0.2, -0.15) is 0 Å². The van der Waals surface area contributed by atoms with Crippen molar-refractivity contribution in [1.29, 1.82) is 0 Å². The number of amides is 1. The number of nitrogens with one attached hydrogen (secondary N) is 1. The topological polar surface area (TPSA) is 38.3 Å². The molecule has 1 atom stereocenters. The van der Waals surface area contributed by atoms with Crippen molar-refractivity contribution in [3.05, 3.63) is 34.3 Å². The van der Waals surface area contributed by atoms with E-state index in [1.54, 1.807) is 13.8 Å². The Morgan fingerprint density at radius 1 is 1.47 bits per heavy atom. The number of carbonyl (C=O) groups is 1. The van der Waals surface area contributed by atoms with Crippen LogP contribution in [0.25, 0.3) is 0 Å². The first kappa shape index (κ1) is 14.2. The van der Waals surface area contributed by atoms with Crippen molar-refractivity contribution in [2.75, 3.05) is 7.11 Å². The molecule has 0 fully saturated rings. The largest absolute Gasteiger partial charge is 0.369 e. The molecule has 0 unspecified atom stereocenters. The molecular weight excluding hydrogens is 282 g/mol. The summed E-state index contributed by atoms with van der Waals surface area (Å²) in [5.41, 5.74) is 0.250. The lowest BCUT2D eigenvalue weighted by Gasteiger charge is -2.24. The normalized spacial score (nSPS) is 13.2. The van der Waals surface area contributed by atoms with Crippen molar-refractivity contribution in [3.63, 3.8) is 0 Å². The number of methoxy groups -OCH3 is 1.